The van der Waals surface area contributed by atoms with Crippen LogP contribution in [0.15, 0.2) is 18.2 Å². The van der Waals surface area contributed by atoms with Crippen molar-refractivity contribution in [3.63, 3.8) is 0 Å². The van der Waals surface area contributed by atoms with Gasteiger partial charge in [-0.05, 0) is 30.2 Å². The minimum absolute atomic E-state index is 0.0358. The maximum atomic E-state index is 12.9. The standard InChI is InChI=1S/C18H22N2O4/c1-13(21)20-6-4-14-10-15(2-3-16(14)20)17(22)19-7-9-24-18(11-19)5-8-23-12-18/h2-3,10H,4-9,11-12H2,1H3. The first-order valence-electron chi connectivity index (χ1n) is 8.50. The predicted octanol–water partition coefficient (Wildman–Crippen LogP) is 1.23. The average Bonchev–Trinajstić information content (AvgIpc) is 3.20. The van der Waals surface area contributed by atoms with Crippen LogP contribution in [0.4, 0.5) is 5.69 Å². The highest BCUT2D eigenvalue weighted by molar-refractivity contribution is 5.98. The molecule has 128 valence electrons. The molecule has 24 heavy (non-hydrogen) atoms. The molecular weight excluding hydrogens is 308 g/mol. The molecule has 2 amide bonds. The number of ether oxygens (including phenoxy) is 2. The molecule has 6 nitrogen and oxygen atoms in total. The van der Waals surface area contributed by atoms with E-state index in [0.717, 1.165) is 24.1 Å². The van der Waals surface area contributed by atoms with E-state index in [2.05, 4.69) is 0 Å². The van der Waals surface area contributed by atoms with Gasteiger partial charge >= 0.3 is 0 Å². The lowest BCUT2D eigenvalue weighted by molar-refractivity contribution is -0.116. The third-order valence-electron chi connectivity index (χ3n) is 5.20. The lowest BCUT2D eigenvalue weighted by Crippen LogP contribution is -2.54. The maximum Gasteiger partial charge on any atom is 0.254 e. The molecule has 3 aliphatic heterocycles. The van der Waals surface area contributed by atoms with Crippen molar-refractivity contribution in [2.75, 3.05) is 44.4 Å². The van der Waals surface area contributed by atoms with E-state index in [0.29, 0.717) is 45.0 Å². The van der Waals surface area contributed by atoms with Crippen molar-refractivity contribution in [1.29, 1.82) is 0 Å². The number of hydrogen-bond donors (Lipinski definition) is 0. The van der Waals surface area contributed by atoms with E-state index >= 15 is 0 Å². The molecule has 1 unspecified atom stereocenters. The first kappa shape index (κ1) is 15.6. The molecule has 0 N–H and O–H groups in total. The maximum absolute atomic E-state index is 12.9. The fraction of sp³-hybridized carbons (Fsp3) is 0.556. The SMILES string of the molecule is CC(=O)N1CCc2cc(C(=O)N3CCOC4(CCOC4)C3)ccc21. The highest BCUT2D eigenvalue weighted by atomic mass is 16.6. The Balaban J connectivity index is 1.54. The van der Waals surface area contributed by atoms with E-state index in [-0.39, 0.29) is 17.4 Å². The van der Waals surface area contributed by atoms with Gasteiger partial charge in [0.2, 0.25) is 5.91 Å². The Morgan fingerprint density at radius 1 is 1.21 bits per heavy atom. The van der Waals surface area contributed by atoms with Crippen LogP contribution in [0.5, 0.6) is 0 Å². The number of fused-ring (bicyclic) bond motifs is 1. The molecule has 0 bridgehead atoms. The number of anilines is 1. The number of carbonyl (C=O) groups excluding carboxylic acids is 2. The third kappa shape index (κ3) is 2.59. The van der Waals surface area contributed by atoms with Crippen molar-refractivity contribution in [2.45, 2.75) is 25.4 Å². The Bertz CT molecular complexity index is 682. The van der Waals surface area contributed by atoms with Gasteiger partial charge in [0.1, 0.15) is 5.60 Å². The summed E-state index contributed by atoms with van der Waals surface area (Å²) in [5.41, 5.74) is 2.37. The van der Waals surface area contributed by atoms with Crippen LogP contribution < -0.4 is 4.90 Å². The van der Waals surface area contributed by atoms with Gasteiger partial charge in [-0.2, -0.15) is 0 Å². The van der Waals surface area contributed by atoms with Gasteiger partial charge in [-0.15, -0.1) is 0 Å². The van der Waals surface area contributed by atoms with E-state index in [9.17, 15) is 9.59 Å². The van der Waals surface area contributed by atoms with E-state index in [1.54, 1.807) is 11.8 Å². The average molecular weight is 330 g/mol. The van der Waals surface area contributed by atoms with Crippen molar-refractivity contribution < 1.29 is 19.1 Å². The Morgan fingerprint density at radius 3 is 2.83 bits per heavy atom. The van der Waals surface area contributed by atoms with Crippen molar-refractivity contribution >= 4 is 17.5 Å². The summed E-state index contributed by atoms with van der Waals surface area (Å²) < 4.78 is 11.4. The largest absolute Gasteiger partial charge is 0.378 e. The van der Waals surface area contributed by atoms with Crippen molar-refractivity contribution in [3.05, 3.63) is 29.3 Å². The number of morpholine rings is 1. The lowest BCUT2D eigenvalue weighted by Gasteiger charge is -2.39. The van der Waals surface area contributed by atoms with Gasteiger partial charge in [0, 0.05) is 44.3 Å². The Labute approximate surface area is 141 Å². The molecule has 1 atom stereocenters. The van der Waals surface area contributed by atoms with Crippen molar-refractivity contribution in [2.24, 2.45) is 0 Å². The van der Waals surface area contributed by atoms with Gasteiger partial charge in [0.15, 0.2) is 0 Å². The topological polar surface area (TPSA) is 59.1 Å². The second-order valence-corrected chi connectivity index (χ2v) is 6.82. The van der Waals surface area contributed by atoms with Crippen molar-refractivity contribution in [3.8, 4) is 0 Å². The smallest absolute Gasteiger partial charge is 0.254 e. The van der Waals surface area contributed by atoms with Crippen LogP contribution in [-0.4, -0.2) is 61.8 Å². The fourth-order valence-corrected chi connectivity index (χ4v) is 3.89. The number of carbonyl (C=O) groups is 2. The molecule has 1 aromatic rings. The van der Waals surface area contributed by atoms with Crippen LogP contribution in [0, 0.1) is 0 Å². The fourth-order valence-electron chi connectivity index (χ4n) is 3.89. The number of benzene rings is 1. The summed E-state index contributed by atoms with van der Waals surface area (Å²) in [4.78, 5) is 28.2. The molecule has 0 radical (unpaired) electrons. The summed E-state index contributed by atoms with van der Waals surface area (Å²) in [6.45, 7) is 5.28. The summed E-state index contributed by atoms with van der Waals surface area (Å²) in [5.74, 6) is 0.0813. The van der Waals surface area contributed by atoms with Crippen LogP contribution in [0.25, 0.3) is 0 Å². The van der Waals surface area contributed by atoms with Crippen LogP contribution >= 0.6 is 0 Å². The highest BCUT2D eigenvalue weighted by Gasteiger charge is 2.41. The molecule has 1 aromatic carbocycles. The van der Waals surface area contributed by atoms with Gasteiger partial charge in [-0.1, -0.05) is 0 Å². The molecule has 6 heteroatoms. The molecule has 0 aromatic heterocycles. The van der Waals surface area contributed by atoms with Gasteiger partial charge < -0.3 is 19.3 Å². The first-order chi connectivity index (χ1) is 11.6. The Kier molecular flexibility index (Phi) is 3.81. The van der Waals surface area contributed by atoms with Gasteiger partial charge in [-0.3, -0.25) is 9.59 Å². The zero-order chi connectivity index (χ0) is 16.7. The zero-order valence-electron chi connectivity index (χ0n) is 13.9. The van der Waals surface area contributed by atoms with E-state index in [1.807, 2.05) is 23.1 Å². The van der Waals surface area contributed by atoms with Crippen LogP contribution in [0.3, 0.4) is 0 Å². The predicted molar refractivity (Wildman–Crippen MR) is 88.2 cm³/mol. The molecule has 1 spiro atoms. The van der Waals surface area contributed by atoms with Gasteiger partial charge in [0.25, 0.3) is 5.91 Å². The van der Waals surface area contributed by atoms with Gasteiger partial charge in [-0.25, -0.2) is 0 Å². The second-order valence-electron chi connectivity index (χ2n) is 6.82. The molecule has 0 aliphatic carbocycles. The third-order valence-corrected chi connectivity index (χ3v) is 5.20. The molecule has 2 saturated heterocycles. The Morgan fingerprint density at radius 2 is 2.08 bits per heavy atom. The number of rotatable bonds is 1. The minimum atomic E-state index is -0.323. The Hall–Kier alpha value is -1.92. The highest BCUT2D eigenvalue weighted by Crippen LogP contribution is 2.31. The van der Waals surface area contributed by atoms with Crippen LogP contribution in [0.2, 0.25) is 0 Å². The van der Waals surface area contributed by atoms with Gasteiger partial charge in [0.05, 0.1) is 19.8 Å². The zero-order valence-corrected chi connectivity index (χ0v) is 13.9. The quantitative estimate of drug-likeness (QED) is 0.777. The summed E-state index contributed by atoms with van der Waals surface area (Å²) in [5, 5.41) is 0. The minimum Gasteiger partial charge on any atom is -0.378 e. The van der Waals surface area contributed by atoms with E-state index in [4.69, 9.17) is 9.47 Å². The summed E-state index contributed by atoms with van der Waals surface area (Å²) in [6.07, 6.45) is 1.64. The molecule has 3 aliphatic rings. The number of nitrogens with zero attached hydrogens (tertiary/aromatic N) is 2. The van der Waals surface area contributed by atoms with Crippen LogP contribution in [0.1, 0.15) is 29.3 Å². The molecule has 4 rings (SSSR count). The first-order valence-corrected chi connectivity index (χ1v) is 8.50. The van der Waals surface area contributed by atoms with Crippen molar-refractivity contribution in [1.82, 2.24) is 4.90 Å². The molecule has 0 saturated carbocycles. The normalized spacial score (nSPS) is 26.0. The second kappa shape index (κ2) is 5.86. The number of amides is 2. The molecule has 2 fully saturated rings. The monoisotopic (exact) mass is 330 g/mol. The van der Waals surface area contributed by atoms with E-state index < -0.39 is 0 Å². The van der Waals surface area contributed by atoms with E-state index in [1.165, 1.54) is 0 Å². The molecular formula is C18H22N2O4. The van der Waals surface area contributed by atoms with Crippen LogP contribution in [-0.2, 0) is 20.7 Å². The molecule has 3 heterocycles. The summed E-state index contributed by atoms with van der Waals surface area (Å²) in [6, 6.07) is 5.66. The number of hydrogen-bond acceptors (Lipinski definition) is 4. The lowest BCUT2D eigenvalue weighted by atomic mass is 9.99. The summed E-state index contributed by atoms with van der Waals surface area (Å²) in [7, 11) is 0. The summed E-state index contributed by atoms with van der Waals surface area (Å²) >= 11 is 0.